The summed E-state index contributed by atoms with van der Waals surface area (Å²) in [4.78, 5) is 16.4. The fourth-order valence-electron chi connectivity index (χ4n) is 2.11. The zero-order chi connectivity index (χ0) is 33.9. The normalized spacial score (nSPS) is 20.8. The van der Waals surface area contributed by atoms with Crippen molar-refractivity contribution in [1.82, 2.24) is 4.98 Å². The highest BCUT2D eigenvalue weighted by Crippen LogP contribution is 2.21. The van der Waals surface area contributed by atoms with Crippen molar-refractivity contribution in [2.24, 2.45) is 0 Å². The van der Waals surface area contributed by atoms with Gasteiger partial charge in [0.1, 0.15) is 0 Å². The quantitative estimate of drug-likeness (QED) is 0.466. The molecule has 1 atom stereocenters. The van der Waals surface area contributed by atoms with Crippen molar-refractivity contribution in [3.63, 3.8) is 0 Å². The lowest BCUT2D eigenvalue weighted by molar-refractivity contribution is -0.115. The predicted octanol–water partition coefficient (Wildman–Crippen LogP) is 4.66. The van der Waals surface area contributed by atoms with E-state index in [4.69, 9.17) is 26.3 Å². The number of nitrogen functional groups attached to an aromatic ring is 1. The predicted molar refractivity (Wildman–Crippen MR) is 119 cm³/mol. The number of aromatic nitrogens is 1. The van der Waals surface area contributed by atoms with Gasteiger partial charge in [0.05, 0.1) is 30.6 Å². The van der Waals surface area contributed by atoms with Crippen LogP contribution in [0.3, 0.4) is 0 Å². The lowest BCUT2D eigenvalue weighted by atomic mass is 10.00. The van der Waals surface area contributed by atoms with Crippen LogP contribution < -0.4 is 11.1 Å². The molecule has 5 nitrogen and oxygen atoms in total. The van der Waals surface area contributed by atoms with Crippen molar-refractivity contribution in [1.29, 1.82) is 0 Å². The first-order valence-corrected chi connectivity index (χ1v) is 9.16. The molecule has 0 saturated carbocycles. The standard InChI is InChI=1S/C23H27N3O2S/c1-16-5-4-7-18(13-16)21(27)8-3-2-6-17-9-11-19(12-10-17)25-22(28)14-20-15-29-23(24)26-20/h4-5,7,9-13,15,21,27H,2-3,6,8,14H2,1H3,(H2,24,26)(H,25,28)/t21-/m0/s1/i2D2,4D,5D,6D2,7D,8D2,9D,10D,11D,12D,13D,15D. The molecule has 1 aromatic heterocycles. The van der Waals surface area contributed by atoms with Gasteiger partial charge in [-0.25, -0.2) is 4.98 Å². The Hall–Kier alpha value is -2.70. The monoisotopic (exact) mass is 424 g/mol. The van der Waals surface area contributed by atoms with Crippen LogP contribution in [0.25, 0.3) is 0 Å². The van der Waals surface area contributed by atoms with E-state index in [0.717, 1.165) is 11.3 Å². The van der Waals surface area contributed by atoms with Crippen molar-refractivity contribution in [3.05, 3.63) is 76.1 Å². The maximum atomic E-state index is 12.5. The molecule has 0 bridgehead atoms. The second kappa shape index (κ2) is 10.2. The van der Waals surface area contributed by atoms with Crippen molar-refractivity contribution < 1.29 is 30.5 Å². The molecule has 0 aliphatic carbocycles. The van der Waals surface area contributed by atoms with Crippen molar-refractivity contribution in [2.45, 2.75) is 45.0 Å². The smallest absolute Gasteiger partial charge is 0.230 e. The van der Waals surface area contributed by atoms with Gasteiger partial charge in [-0.2, -0.15) is 0 Å². The molecule has 2 aromatic carbocycles. The number of thiazole rings is 1. The number of benzene rings is 2. The van der Waals surface area contributed by atoms with Crippen LogP contribution in [0.5, 0.6) is 0 Å². The number of nitrogens with zero attached hydrogens (tertiary/aromatic N) is 1. The minimum atomic E-state index is -3.43. The number of nitrogens with two attached hydrogens (primary N) is 1. The average Bonchev–Trinajstić information content (AvgIpc) is 3.22. The molecule has 0 spiro atoms. The summed E-state index contributed by atoms with van der Waals surface area (Å²) in [5.74, 6) is -0.884. The molecule has 6 heteroatoms. The molecular weight excluding hydrogens is 382 g/mol. The number of hydrogen-bond donors (Lipinski definition) is 3. The van der Waals surface area contributed by atoms with Gasteiger partial charge >= 0.3 is 0 Å². The molecule has 3 rings (SSSR count). The lowest BCUT2D eigenvalue weighted by Gasteiger charge is -2.11. The molecule has 152 valence electrons. The summed E-state index contributed by atoms with van der Waals surface area (Å²) in [5, 5.41) is 12.9. The first-order chi connectivity index (χ1) is 20.0. The van der Waals surface area contributed by atoms with Gasteiger partial charge in [0.15, 0.2) is 5.13 Å². The van der Waals surface area contributed by atoms with E-state index in [0.29, 0.717) is 0 Å². The van der Waals surface area contributed by atoms with E-state index in [-0.39, 0.29) is 21.7 Å². The Bertz CT molecular complexity index is 1590. The number of carbonyl (C=O) groups excluding carboxylic acids is 1. The average molecular weight is 425 g/mol. The number of anilines is 2. The Labute approximate surface area is 196 Å². The van der Waals surface area contributed by atoms with E-state index in [9.17, 15) is 9.90 Å². The van der Waals surface area contributed by atoms with Gasteiger partial charge in [-0.3, -0.25) is 4.79 Å². The zero-order valence-corrected chi connectivity index (χ0v) is 16.1. The first-order valence-electron chi connectivity index (χ1n) is 15.8. The Morgan fingerprint density at radius 2 is 2.14 bits per heavy atom. The van der Waals surface area contributed by atoms with E-state index in [2.05, 4.69) is 10.3 Å². The van der Waals surface area contributed by atoms with Gasteiger partial charge in [-0.1, -0.05) is 48.2 Å². The minimum Gasteiger partial charge on any atom is -0.388 e. The van der Waals surface area contributed by atoms with E-state index in [1.165, 1.54) is 6.92 Å². The summed E-state index contributed by atoms with van der Waals surface area (Å²) < 4.78 is 124. The Morgan fingerprint density at radius 3 is 2.86 bits per heavy atom. The number of nitrogens with one attached hydrogen (secondary N) is 1. The third-order valence-electron chi connectivity index (χ3n) is 3.38. The van der Waals surface area contributed by atoms with E-state index in [1.54, 1.807) is 0 Å². The Balaban J connectivity index is 2.00. The molecule has 0 radical (unpaired) electrons. The van der Waals surface area contributed by atoms with Gasteiger partial charge < -0.3 is 16.2 Å². The molecule has 1 heterocycles. The fraction of sp³-hybridized carbons (Fsp3) is 0.304. The second-order valence-electron chi connectivity index (χ2n) is 5.70. The number of carbonyl (C=O) groups is 1. The number of rotatable bonds is 9. The molecule has 0 aliphatic rings. The van der Waals surface area contributed by atoms with Crippen LogP contribution in [0.2, 0.25) is 0 Å². The van der Waals surface area contributed by atoms with E-state index in [1.807, 2.05) is 0 Å². The maximum absolute atomic E-state index is 12.5. The Kier molecular flexibility index (Phi) is 3.15. The number of hydrogen-bond acceptors (Lipinski definition) is 5. The third kappa shape index (κ3) is 6.69. The van der Waals surface area contributed by atoms with Crippen LogP contribution in [0, 0.1) is 6.92 Å². The fourth-order valence-corrected chi connectivity index (χ4v) is 2.61. The molecule has 1 amide bonds. The maximum Gasteiger partial charge on any atom is 0.230 e. The highest BCUT2D eigenvalue weighted by Gasteiger charge is 2.08. The molecule has 0 unspecified atom stereocenters. The molecule has 0 saturated heterocycles. The van der Waals surface area contributed by atoms with Crippen LogP contribution in [0.4, 0.5) is 10.8 Å². The van der Waals surface area contributed by atoms with Gasteiger partial charge in [-0.05, 0) is 49.3 Å². The topological polar surface area (TPSA) is 88.2 Å². The van der Waals surface area contributed by atoms with Gasteiger partial charge in [0.25, 0.3) is 0 Å². The SMILES string of the molecule is [2H]c1sc(N)nc1CC(=O)Nc1c([2H])c([2H])c(C([2H])([2H])C([2H])([2H])CC([2H])([2H])[C@H](O)c2c([2H])c([2H])c([2H])c(C)c2[2H])c([2H])c1[2H]. The Morgan fingerprint density at radius 1 is 1.34 bits per heavy atom. The molecule has 4 N–H and O–H groups in total. The molecular formula is C23H27N3O2S. The largest absolute Gasteiger partial charge is 0.388 e. The van der Waals surface area contributed by atoms with Gasteiger partial charge in [-0.15, -0.1) is 11.3 Å². The second-order valence-corrected chi connectivity index (χ2v) is 6.53. The molecule has 0 fully saturated rings. The summed E-state index contributed by atoms with van der Waals surface area (Å²) in [6, 6.07) is -6.66. The van der Waals surface area contributed by atoms with Crippen molar-refractivity contribution >= 4 is 28.1 Å². The number of amides is 1. The molecule has 3 aromatic rings. The van der Waals surface area contributed by atoms with Crippen LogP contribution in [0.15, 0.2) is 53.7 Å². The molecule has 0 aliphatic heterocycles. The summed E-state index contributed by atoms with van der Waals surface area (Å²) in [6.07, 6.45) is -14.3. The number of aliphatic hydroxyl groups excluding tert-OH is 1. The molecule has 29 heavy (non-hydrogen) atoms. The summed E-state index contributed by atoms with van der Waals surface area (Å²) in [5.41, 5.74) is 2.92. The summed E-state index contributed by atoms with van der Waals surface area (Å²) >= 11 is 0.808. The third-order valence-corrected chi connectivity index (χ3v) is 4.01. The lowest BCUT2D eigenvalue weighted by Crippen LogP contribution is -2.14. The van der Waals surface area contributed by atoms with Crippen molar-refractivity contribution in [3.8, 4) is 0 Å². The van der Waals surface area contributed by atoms with Gasteiger partial charge in [0, 0.05) is 19.3 Å². The minimum absolute atomic E-state index is 0.00214. The van der Waals surface area contributed by atoms with E-state index >= 15 is 0 Å². The summed E-state index contributed by atoms with van der Waals surface area (Å²) in [7, 11) is 0. The zero-order valence-electron chi connectivity index (χ0n) is 30.3. The van der Waals surface area contributed by atoms with Crippen LogP contribution >= 0.6 is 11.3 Å². The van der Waals surface area contributed by atoms with Crippen LogP contribution in [-0.4, -0.2) is 16.0 Å². The number of aliphatic hydroxyl groups is 1. The van der Waals surface area contributed by atoms with Crippen LogP contribution in [0.1, 0.15) is 68.2 Å². The summed E-state index contributed by atoms with van der Waals surface area (Å²) in [6.45, 7) is 1.25. The first kappa shape index (κ1) is 8.98. The van der Waals surface area contributed by atoms with Gasteiger partial charge in [0.2, 0.25) is 5.91 Å². The van der Waals surface area contributed by atoms with E-state index < -0.39 is 109 Å². The van der Waals surface area contributed by atoms with Crippen molar-refractivity contribution in [2.75, 3.05) is 11.1 Å². The highest BCUT2D eigenvalue weighted by atomic mass is 32.1. The van der Waals surface area contributed by atoms with Crippen LogP contribution in [-0.2, 0) is 17.6 Å². The highest BCUT2D eigenvalue weighted by molar-refractivity contribution is 7.13.